The number of allylic oxidation sites excluding steroid dienone is 2. The minimum atomic E-state index is -0.909. The van der Waals surface area contributed by atoms with Gasteiger partial charge in [-0.2, -0.15) is 0 Å². The molecule has 2 rings (SSSR count). The van der Waals surface area contributed by atoms with E-state index in [2.05, 4.69) is 29.9 Å². The summed E-state index contributed by atoms with van der Waals surface area (Å²) in [7, 11) is 4.78. The first-order chi connectivity index (χ1) is 13.3. The van der Waals surface area contributed by atoms with Crippen LogP contribution < -0.4 is 4.74 Å². The van der Waals surface area contributed by atoms with Crippen molar-refractivity contribution in [3.63, 3.8) is 0 Å². The molecule has 0 unspecified atom stereocenters. The lowest BCUT2D eigenvalue weighted by molar-refractivity contribution is 0.155. The highest BCUT2D eigenvalue weighted by Gasteiger charge is 2.35. The highest BCUT2D eigenvalue weighted by Crippen LogP contribution is 2.30. The summed E-state index contributed by atoms with van der Waals surface area (Å²) in [5.74, 6) is 1.92. The third kappa shape index (κ3) is 4.93. The molecule has 1 heterocycles. The van der Waals surface area contributed by atoms with Gasteiger partial charge in [-0.1, -0.05) is 31.6 Å². The van der Waals surface area contributed by atoms with Gasteiger partial charge in [0.25, 0.3) is 0 Å². The largest absolute Gasteiger partial charge is 0.496 e. The first kappa shape index (κ1) is 22.0. The standard InChI is InChI=1S/C22H32N2O4/c1-13(2)8-9-15-12-16(10-11-17(15)26-5)20(25)19-22(28-7)23-18(14(3)4)21(24-19)27-6/h8,10-12,14,18-20,25H,9H2,1-7H3/t18-,19+,20+/m1/s1. The van der Waals surface area contributed by atoms with Gasteiger partial charge in [0.15, 0.2) is 6.04 Å². The average Bonchev–Trinajstić information content (AvgIpc) is 2.70. The molecular formula is C22H32N2O4. The Bertz CT molecular complexity index is 764. The smallest absolute Gasteiger partial charge is 0.212 e. The molecule has 1 aliphatic heterocycles. The van der Waals surface area contributed by atoms with Crippen LogP contribution in [0.1, 0.15) is 44.9 Å². The normalized spacial score (nSPS) is 20.2. The third-order valence-corrected chi connectivity index (χ3v) is 4.76. The van der Waals surface area contributed by atoms with Crippen LogP contribution in [0.3, 0.4) is 0 Å². The summed E-state index contributed by atoms with van der Waals surface area (Å²) in [6.45, 7) is 8.21. The van der Waals surface area contributed by atoms with Gasteiger partial charge in [-0.3, -0.25) is 0 Å². The second-order valence-electron chi connectivity index (χ2n) is 7.48. The Kier molecular flexibility index (Phi) is 7.63. The molecule has 0 fully saturated rings. The van der Waals surface area contributed by atoms with E-state index in [-0.39, 0.29) is 12.0 Å². The number of rotatable bonds is 6. The monoisotopic (exact) mass is 388 g/mol. The molecule has 1 N–H and O–H groups in total. The molecule has 154 valence electrons. The van der Waals surface area contributed by atoms with Crippen molar-refractivity contribution in [3.05, 3.63) is 41.0 Å². The Morgan fingerprint density at radius 3 is 2.18 bits per heavy atom. The van der Waals surface area contributed by atoms with Gasteiger partial charge in [-0.15, -0.1) is 0 Å². The molecule has 0 aliphatic carbocycles. The molecule has 0 radical (unpaired) electrons. The summed E-state index contributed by atoms with van der Waals surface area (Å²) in [6.07, 6.45) is 1.95. The van der Waals surface area contributed by atoms with Crippen LogP contribution in [-0.2, 0) is 15.9 Å². The van der Waals surface area contributed by atoms with E-state index in [0.717, 1.165) is 23.3 Å². The zero-order chi connectivity index (χ0) is 20.8. The lowest BCUT2D eigenvalue weighted by Crippen LogP contribution is -2.40. The van der Waals surface area contributed by atoms with Gasteiger partial charge in [0.2, 0.25) is 11.8 Å². The van der Waals surface area contributed by atoms with Crippen LogP contribution in [-0.4, -0.2) is 50.3 Å². The van der Waals surface area contributed by atoms with Crippen molar-refractivity contribution in [2.75, 3.05) is 21.3 Å². The Labute approximate surface area is 168 Å². The van der Waals surface area contributed by atoms with E-state index in [1.165, 1.54) is 5.57 Å². The van der Waals surface area contributed by atoms with Crippen LogP contribution in [0.15, 0.2) is 39.8 Å². The number of ether oxygens (including phenoxy) is 3. The second kappa shape index (κ2) is 9.73. The summed E-state index contributed by atoms with van der Waals surface area (Å²) in [5.41, 5.74) is 2.96. The Morgan fingerprint density at radius 1 is 1.04 bits per heavy atom. The molecule has 3 atom stereocenters. The topological polar surface area (TPSA) is 72.6 Å². The van der Waals surface area contributed by atoms with E-state index < -0.39 is 12.1 Å². The number of aliphatic hydroxyl groups is 1. The number of hydrogen-bond acceptors (Lipinski definition) is 6. The zero-order valence-corrected chi connectivity index (χ0v) is 17.9. The van der Waals surface area contributed by atoms with Gasteiger partial charge in [0, 0.05) is 0 Å². The van der Waals surface area contributed by atoms with Gasteiger partial charge >= 0.3 is 0 Å². The van der Waals surface area contributed by atoms with Crippen molar-refractivity contribution in [1.82, 2.24) is 0 Å². The Morgan fingerprint density at radius 2 is 1.64 bits per heavy atom. The SMILES string of the molecule is COC1=N[C@H](C(C)C)C(OC)=N[C@H]1[C@@H](O)c1ccc(OC)c(CC=C(C)C)c1. The van der Waals surface area contributed by atoms with Crippen molar-refractivity contribution in [3.8, 4) is 5.75 Å². The number of nitrogens with zero attached hydrogens (tertiary/aromatic N) is 2. The van der Waals surface area contributed by atoms with Crippen LogP contribution in [0.5, 0.6) is 5.75 Å². The summed E-state index contributed by atoms with van der Waals surface area (Å²) < 4.78 is 16.4. The molecule has 0 saturated carbocycles. The minimum absolute atomic E-state index is 0.207. The maximum atomic E-state index is 11.1. The second-order valence-corrected chi connectivity index (χ2v) is 7.48. The summed E-state index contributed by atoms with van der Waals surface area (Å²) in [4.78, 5) is 9.26. The van der Waals surface area contributed by atoms with E-state index in [1.54, 1.807) is 21.3 Å². The van der Waals surface area contributed by atoms with Crippen molar-refractivity contribution in [2.24, 2.45) is 15.9 Å². The molecule has 28 heavy (non-hydrogen) atoms. The van der Waals surface area contributed by atoms with E-state index in [0.29, 0.717) is 11.8 Å². The fourth-order valence-corrected chi connectivity index (χ4v) is 3.16. The van der Waals surface area contributed by atoms with E-state index in [9.17, 15) is 5.11 Å². The number of hydrogen-bond donors (Lipinski definition) is 1. The molecule has 1 aliphatic rings. The van der Waals surface area contributed by atoms with Crippen LogP contribution in [0.25, 0.3) is 0 Å². The predicted octanol–water partition coefficient (Wildman–Crippen LogP) is 3.73. The van der Waals surface area contributed by atoms with Crippen molar-refractivity contribution < 1.29 is 19.3 Å². The highest BCUT2D eigenvalue weighted by atomic mass is 16.5. The van der Waals surface area contributed by atoms with Crippen molar-refractivity contribution in [1.29, 1.82) is 0 Å². The van der Waals surface area contributed by atoms with Gasteiger partial charge in [-0.05, 0) is 49.4 Å². The first-order valence-electron chi connectivity index (χ1n) is 9.53. The Balaban J connectivity index is 2.39. The highest BCUT2D eigenvalue weighted by molar-refractivity contribution is 5.94. The lowest BCUT2D eigenvalue weighted by Gasteiger charge is -2.29. The van der Waals surface area contributed by atoms with Crippen LogP contribution >= 0.6 is 0 Å². The summed E-state index contributed by atoms with van der Waals surface area (Å²) >= 11 is 0. The van der Waals surface area contributed by atoms with Crippen molar-refractivity contribution >= 4 is 11.8 Å². The molecule has 0 bridgehead atoms. The number of aliphatic imine (C=N–C) groups is 2. The lowest BCUT2D eigenvalue weighted by atomic mass is 9.96. The van der Waals surface area contributed by atoms with Gasteiger partial charge in [0.1, 0.15) is 17.9 Å². The predicted molar refractivity (Wildman–Crippen MR) is 112 cm³/mol. The Hall–Kier alpha value is -2.34. The third-order valence-electron chi connectivity index (χ3n) is 4.76. The van der Waals surface area contributed by atoms with Gasteiger partial charge in [0.05, 0.1) is 21.3 Å². The average molecular weight is 389 g/mol. The molecule has 0 amide bonds. The molecule has 1 aromatic rings. The molecular weight excluding hydrogens is 356 g/mol. The van der Waals surface area contributed by atoms with E-state index in [1.807, 2.05) is 32.0 Å². The molecule has 6 heteroatoms. The van der Waals surface area contributed by atoms with E-state index in [4.69, 9.17) is 14.2 Å². The van der Waals surface area contributed by atoms with Gasteiger partial charge < -0.3 is 19.3 Å². The first-order valence-corrected chi connectivity index (χ1v) is 9.53. The fourth-order valence-electron chi connectivity index (χ4n) is 3.16. The molecule has 0 spiro atoms. The summed E-state index contributed by atoms with van der Waals surface area (Å²) in [6, 6.07) is 4.80. The summed E-state index contributed by atoms with van der Waals surface area (Å²) in [5, 5.41) is 11.1. The zero-order valence-electron chi connectivity index (χ0n) is 17.9. The van der Waals surface area contributed by atoms with Crippen LogP contribution in [0, 0.1) is 5.92 Å². The van der Waals surface area contributed by atoms with E-state index >= 15 is 0 Å². The number of aliphatic hydroxyl groups excluding tert-OH is 1. The number of benzene rings is 1. The maximum absolute atomic E-state index is 11.1. The maximum Gasteiger partial charge on any atom is 0.212 e. The quantitative estimate of drug-likeness (QED) is 0.754. The van der Waals surface area contributed by atoms with Crippen LogP contribution in [0.2, 0.25) is 0 Å². The van der Waals surface area contributed by atoms with Gasteiger partial charge in [-0.25, -0.2) is 9.98 Å². The van der Waals surface area contributed by atoms with Crippen molar-refractivity contribution in [2.45, 2.75) is 52.3 Å². The molecule has 1 aromatic carbocycles. The molecule has 0 saturated heterocycles. The van der Waals surface area contributed by atoms with Crippen LogP contribution in [0.4, 0.5) is 0 Å². The molecule has 6 nitrogen and oxygen atoms in total. The fraction of sp³-hybridized carbons (Fsp3) is 0.545. The minimum Gasteiger partial charge on any atom is -0.496 e. The number of methoxy groups -OCH3 is 3. The molecule has 0 aromatic heterocycles.